The summed E-state index contributed by atoms with van der Waals surface area (Å²) in [4.78, 5) is 0. The summed E-state index contributed by atoms with van der Waals surface area (Å²) in [6.07, 6.45) is 4.97. The van der Waals surface area contributed by atoms with Gasteiger partial charge in [-0.2, -0.15) is 0 Å². The van der Waals surface area contributed by atoms with Crippen LogP contribution in [0.5, 0.6) is 0 Å². The lowest BCUT2D eigenvalue weighted by Gasteiger charge is -2.13. The van der Waals surface area contributed by atoms with Crippen molar-refractivity contribution in [1.29, 1.82) is 0 Å². The molecule has 60 valence electrons. The Bertz CT molecular complexity index is 105. The first-order valence-corrected chi connectivity index (χ1v) is 4.13. The highest BCUT2D eigenvalue weighted by molar-refractivity contribution is 5.02. The molecule has 0 aromatic carbocycles. The van der Waals surface area contributed by atoms with Gasteiger partial charge in [0.15, 0.2) is 0 Å². The maximum atomic E-state index is 8.98. The van der Waals surface area contributed by atoms with Crippen molar-refractivity contribution in [2.45, 2.75) is 46.1 Å². The molecule has 0 radical (unpaired) electrons. The van der Waals surface area contributed by atoms with Gasteiger partial charge in [0.25, 0.3) is 0 Å². The van der Waals surface area contributed by atoms with Gasteiger partial charge in [-0.15, -0.1) is 0 Å². The van der Waals surface area contributed by atoms with Crippen molar-refractivity contribution in [1.82, 2.24) is 0 Å². The number of allylic oxidation sites excluding steroid dienone is 1. The second-order valence-corrected chi connectivity index (χ2v) is 2.48. The topological polar surface area (TPSA) is 20.2 Å². The number of hydrogen-bond donors (Lipinski definition) is 1. The van der Waals surface area contributed by atoms with Crippen molar-refractivity contribution < 1.29 is 5.11 Å². The van der Waals surface area contributed by atoms with E-state index in [1.54, 1.807) is 0 Å². The van der Waals surface area contributed by atoms with Crippen LogP contribution >= 0.6 is 0 Å². The van der Waals surface area contributed by atoms with Crippen molar-refractivity contribution in [3.05, 3.63) is 11.6 Å². The summed E-state index contributed by atoms with van der Waals surface area (Å²) in [5, 5.41) is 8.98. The first-order chi connectivity index (χ1) is 4.79. The second kappa shape index (κ2) is 5.48. The molecule has 1 heteroatoms. The number of aliphatic hydroxyl groups is 1. The zero-order valence-corrected chi connectivity index (χ0v) is 7.22. The van der Waals surface area contributed by atoms with E-state index in [0.717, 1.165) is 19.3 Å². The van der Waals surface area contributed by atoms with E-state index in [-0.39, 0.29) is 6.10 Å². The van der Waals surface area contributed by atoms with Crippen molar-refractivity contribution in [2.75, 3.05) is 0 Å². The molecular formula is C9H18O. The van der Waals surface area contributed by atoms with Crippen LogP contribution in [0.25, 0.3) is 0 Å². The minimum atomic E-state index is -0.0568. The highest BCUT2D eigenvalue weighted by Crippen LogP contribution is 2.16. The van der Waals surface area contributed by atoms with Crippen LogP contribution in [0.1, 0.15) is 40.0 Å². The monoisotopic (exact) mass is 142 g/mol. The first kappa shape index (κ1) is 9.70. The third-order valence-electron chi connectivity index (χ3n) is 1.61. The average Bonchev–Trinajstić information content (AvgIpc) is 2.00. The quantitative estimate of drug-likeness (QED) is 0.515. The first-order valence-electron chi connectivity index (χ1n) is 4.13. The van der Waals surface area contributed by atoms with E-state index in [1.165, 1.54) is 5.57 Å². The molecule has 1 rings (SSSR count). The average molecular weight is 142 g/mol. The van der Waals surface area contributed by atoms with Gasteiger partial charge in [-0.25, -0.2) is 0 Å². The van der Waals surface area contributed by atoms with Crippen molar-refractivity contribution in [3.63, 3.8) is 0 Å². The minimum Gasteiger partial charge on any atom is -0.393 e. The molecule has 1 N–H and O–H groups in total. The number of rotatable bonds is 0. The fraction of sp³-hybridized carbons (Fsp3) is 0.778. The SMILES string of the molecule is CC.CC1=CCC(O)CC1. The van der Waals surface area contributed by atoms with Crippen molar-refractivity contribution in [3.8, 4) is 0 Å². The zero-order chi connectivity index (χ0) is 7.98. The van der Waals surface area contributed by atoms with E-state index in [1.807, 2.05) is 13.8 Å². The molecule has 0 aliphatic heterocycles. The highest BCUT2D eigenvalue weighted by atomic mass is 16.3. The lowest BCUT2D eigenvalue weighted by molar-refractivity contribution is 0.162. The summed E-state index contributed by atoms with van der Waals surface area (Å²) in [5.74, 6) is 0. The van der Waals surface area contributed by atoms with E-state index in [0.29, 0.717) is 0 Å². The van der Waals surface area contributed by atoms with Crippen molar-refractivity contribution in [2.24, 2.45) is 0 Å². The Kier molecular flexibility index (Phi) is 5.32. The van der Waals surface area contributed by atoms with Crippen LogP contribution in [-0.4, -0.2) is 11.2 Å². The summed E-state index contributed by atoms with van der Waals surface area (Å²) in [5.41, 5.74) is 1.43. The molecule has 1 atom stereocenters. The summed E-state index contributed by atoms with van der Waals surface area (Å²) in [6.45, 7) is 6.12. The van der Waals surface area contributed by atoms with Crippen LogP contribution in [0.3, 0.4) is 0 Å². The van der Waals surface area contributed by atoms with E-state index in [9.17, 15) is 0 Å². The molecule has 0 fully saturated rings. The van der Waals surface area contributed by atoms with Gasteiger partial charge in [0, 0.05) is 0 Å². The summed E-state index contributed by atoms with van der Waals surface area (Å²) >= 11 is 0. The van der Waals surface area contributed by atoms with Gasteiger partial charge in [0.2, 0.25) is 0 Å². The molecule has 1 aliphatic carbocycles. The van der Waals surface area contributed by atoms with E-state index < -0.39 is 0 Å². The lowest BCUT2D eigenvalue weighted by atomic mass is 9.99. The molecule has 0 amide bonds. The zero-order valence-electron chi connectivity index (χ0n) is 7.22. The van der Waals surface area contributed by atoms with Gasteiger partial charge in [0.1, 0.15) is 0 Å². The fourth-order valence-corrected chi connectivity index (χ4v) is 0.951. The molecule has 0 aromatic heterocycles. The molecule has 0 spiro atoms. The van der Waals surface area contributed by atoms with Crippen LogP contribution in [0, 0.1) is 0 Å². The van der Waals surface area contributed by atoms with Gasteiger partial charge in [-0.05, 0) is 26.2 Å². The molecule has 0 saturated carbocycles. The number of hydrogen-bond acceptors (Lipinski definition) is 1. The Labute approximate surface area is 63.8 Å². The van der Waals surface area contributed by atoms with Gasteiger partial charge in [0.05, 0.1) is 6.10 Å². The second-order valence-electron chi connectivity index (χ2n) is 2.48. The van der Waals surface area contributed by atoms with Crippen molar-refractivity contribution >= 4 is 0 Å². The third kappa shape index (κ3) is 3.67. The Morgan fingerprint density at radius 2 is 2.10 bits per heavy atom. The molecule has 1 nitrogen and oxygen atoms in total. The summed E-state index contributed by atoms with van der Waals surface area (Å²) in [6, 6.07) is 0. The van der Waals surface area contributed by atoms with Crippen LogP contribution in [0.2, 0.25) is 0 Å². The Morgan fingerprint density at radius 3 is 2.40 bits per heavy atom. The molecule has 1 unspecified atom stereocenters. The molecule has 0 heterocycles. The Morgan fingerprint density at radius 1 is 1.50 bits per heavy atom. The van der Waals surface area contributed by atoms with Gasteiger partial charge < -0.3 is 5.11 Å². The molecular weight excluding hydrogens is 124 g/mol. The minimum absolute atomic E-state index is 0.0568. The standard InChI is InChI=1S/C7H12O.C2H6/c1-6-2-4-7(8)5-3-6;1-2/h2,7-8H,3-5H2,1H3;1-2H3. The maximum Gasteiger partial charge on any atom is 0.0577 e. The highest BCUT2D eigenvalue weighted by Gasteiger charge is 2.06. The molecule has 0 bridgehead atoms. The fourth-order valence-electron chi connectivity index (χ4n) is 0.951. The van der Waals surface area contributed by atoms with Crippen LogP contribution in [0.4, 0.5) is 0 Å². The van der Waals surface area contributed by atoms with E-state index in [2.05, 4.69) is 13.0 Å². The smallest absolute Gasteiger partial charge is 0.0577 e. The predicted molar refractivity (Wildman–Crippen MR) is 45.0 cm³/mol. The molecule has 0 aromatic rings. The van der Waals surface area contributed by atoms with Crippen LogP contribution < -0.4 is 0 Å². The lowest BCUT2D eigenvalue weighted by Crippen LogP contribution is -2.08. The Hall–Kier alpha value is -0.300. The summed E-state index contributed by atoms with van der Waals surface area (Å²) < 4.78 is 0. The largest absolute Gasteiger partial charge is 0.393 e. The van der Waals surface area contributed by atoms with Gasteiger partial charge >= 0.3 is 0 Å². The van der Waals surface area contributed by atoms with E-state index >= 15 is 0 Å². The molecule has 10 heavy (non-hydrogen) atoms. The van der Waals surface area contributed by atoms with Crippen LogP contribution in [0.15, 0.2) is 11.6 Å². The Balaban J connectivity index is 0.000000371. The van der Waals surface area contributed by atoms with E-state index in [4.69, 9.17) is 5.11 Å². The summed E-state index contributed by atoms with van der Waals surface area (Å²) in [7, 11) is 0. The van der Waals surface area contributed by atoms with Crippen LogP contribution in [-0.2, 0) is 0 Å². The number of aliphatic hydroxyl groups excluding tert-OH is 1. The predicted octanol–water partition coefficient (Wildman–Crippen LogP) is 2.50. The molecule has 1 aliphatic rings. The maximum absolute atomic E-state index is 8.98. The molecule has 0 saturated heterocycles. The third-order valence-corrected chi connectivity index (χ3v) is 1.61. The van der Waals surface area contributed by atoms with Gasteiger partial charge in [-0.1, -0.05) is 25.5 Å². The normalized spacial score (nSPS) is 24.4. The van der Waals surface area contributed by atoms with Gasteiger partial charge in [-0.3, -0.25) is 0 Å².